The number of aryl methyl sites for hydroxylation is 2. The van der Waals surface area contributed by atoms with E-state index in [9.17, 15) is 75.1 Å². The van der Waals surface area contributed by atoms with Gasteiger partial charge in [-0.15, -0.1) is 26.7 Å². The average Bonchev–Trinajstić information content (AvgIpc) is 3.60. The van der Waals surface area contributed by atoms with Crippen LogP contribution in [0.2, 0.25) is 0 Å². The largest absolute Gasteiger partial charge is 0.505 e. The lowest BCUT2D eigenvalue weighted by Gasteiger charge is -2.15. The van der Waals surface area contributed by atoms with Gasteiger partial charge >= 0.3 is 0 Å². The molecule has 0 unspecified atom stereocenters. The third-order valence-corrected chi connectivity index (χ3v) is 15.2. The molecule has 0 bridgehead atoms. The Balaban J connectivity index is 1.36. The van der Waals surface area contributed by atoms with Gasteiger partial charge in [0.15, 0.2) is 11.5 Å². The minimum atomic E-state index is -5.47. The van der Waals surface area contributed by atoms with Gasteiger partial charge in [0, 0.05) is 22.0 Å². The predicted molar refractivity (Wildman–Crippen MR) is 228 cm³/mol. The Morgan fingerprint density at radius 3 is 1.69 bits per heavy atom. The number of nitrogens with two attached hydrogens (primary N) is 1. The van der Waals surface area contributed by atoms with Crippen molar-refractivity contribution >= 4 is 122 Å². The quantitative estimate of drug-likeness (QED) is 0.0390. The summed E-state index contributed by atoms with van der Waals surface area (Å²) in [6, 6.07) is 12.0. The molecule has 0 aliphatic heterocycles. The number of hydrogen-bond acceptors (Lipinski definition) is 19. The number of aromatic nitrogens is 1. The Kier molecular flexibility index (Phi) is 11.1. The lowest BCUT2D eigenvalue weighted by Crippen LogP contribution is -2.05. The Bertz CT molecular complexity index is 3860. The fourth-order valence-corrected chi connectivity index (χ4v) is 11.5. The number of thiazole rings is 1. The zero-order valence-corrected chi connectivity index (χ0v) is 36.7. The second-order valence-electron chi connectivity index (χ2n) is 13.6. The van der Waals surface area contributed by atoms with E-state index in [4.69, 9.17) is 5.73 Å². The smallest absolute Gasteiger partial charge is 0.296 e. The van der Waals surface area contributed by atoms with E-state index in [1.807, 2.05) is 0 Å². The van der Waals surface area contributed by atoms with Crippen molar-refractivity contribution < 1.29 is 75.1 Å². The third-order valence-electron chi connectivity index (χ3n) is 9.39. The minimum Gasteiger partial charge on any atom is -0.505 e. The van der Waals surface area contributed by atoms with E-state index in [2.05, 4.69) is 25.4 Å². The molecule has 0 saturated heterocycles. The van der Waals surface area contributed by atoms with Crippen LogP contribution < -0.4 is 5.73 Å². The molecule has 1 heterocycles. The molecule has 0 aliphatic rings. The van der Waals surface area contributed by atoms with E-state index in [0.717, 1.165) is 17.4 Å². The van der Waals surface area contributed by atoms with Crippen molar-refractivity contribution in [1.82, 2.24) is 4.98 Å². The number of rotatable bonds is 10. The normalized spacial score (nSPS) is 13.3. The molecule has 1 aromatic heterocycles. The summed E-state index contributed by atoms with van der Waals surface area (Å²) in [6.45, 7) is 2.76. The molecule has 6 aromatic carbocycles. The molecule has 0 saturated carbocycles. The molecule has 0 fully saturated rings. The van der Waals surface area contributed by atoms with E-state index in [0.29, 0.717) is 40.4 Å². The first kappa shape index (κ1) is 45.9. The van der Waals surface area contributed by atoms with E-state index in [1.165, 1.54) is 44.2 Å². The Morgan fingerprint density at radius 1 is 0.562 bits per heavy atom. The number of nitrogens with zero attached hydrogens (tertiary/aromatic N) is 5. The second-order valence-corrected chi connectivity index (χ2v) is 21.5. The fraction of sp³-hybridized carbons (Fsp3) is 0.0571. The van der Waals surface area contributed by atoms with Crippen molar-refractivity contribution in [2.45, 2.75) is 38.3 Å². The van der Waals surface area contributed by atoms with Crippen LogP contribution in [0.4, 0.5) is 28.4 Å². The van der Waals surface area contributed by atoms with Gasteiger partial charge in [-0.2, -0.15) is 47.2 Å². The van der Waals surface area contributed by atoms with Gasteiger partial charge in [0.2, 0.25) is 0 Å². The molecule has 0 spiro atoms. The minimum absolute atomic E-state index is 0.0145. The fourth-order valence-electron chi connectivity index (χ4n) is 6.49. The van der Waals surface area contributed by atoms with Crippen molar-refractivity contribution in [1.29, 1.82) is 0 Å². The molecular weight excluding hydrogens is 969 g/mol. The monoisotopic (exact) mass is 994 g/mol. The number of hydrogen-bond donors (Lipinski definition) is 8. The van der Waals surface area contributed by atoms with Crippen LogP contribution in [-0.4, -0.2) is 80.0 Å². The number of benzene rings is 6. The van der Waals surface area contributed by atoms with Crippen LogP contribution in [-0.2, 0) is 50.6 Å². The van der Waals surface area contributed by atoms with Crippen LogP contribution in [0.25, 0.3) is 42.3 Å². The number of phenolic OH excluding ortho intramolecular Hbond substituents is 2. The molecule has 334 valence electrons. The number of phenols is 2. The standard InChI is InChI=1S/C35H26N6O17S6/c1-14-3-8-21-33(34(14)64(56,57)58)59-35(37-21)16-4-6-18(7-5-16)38-40-29-25(62(50,51)52)11-17-10-24(61(47,48)49)22(12-19(17)31(29)42)39-41-30-26(63(53,54)55)13-20-23(60(44,45)46)9-15(2)28(36)27(20)32(30)43/h3-13,42-43H,36H2,1-2H3,(H,44,45,46)(H,47,48,49)(H,50,51,52)(H,53,54,55)(H,56,57,58). The zero-order chi connectivity index (χ0) is 47.2. The SMILES string of the molecule is Cc1ccc2nc(-c3ccc(N=Nc4c(S(=O)(=O)O)cc5cc(S(=O)(=O)O)c(N=Nc6c(S(=O)(=O)O)cc7c(S(=O)(=O)O)cc(C)c(N)c7c6O)cc5c4O)cc3)sc2c1S(=O)(=O)O. The van der Waals surface area contributed by atoms with Gasteiger partial charge in [-0.3, -0.25) is 22.8 Å². The van der Waals surface area contributed by atoms with Crippen molar-refractivity contribution in [3.05, 3.63) is 77.9 Å². The van der Waals surface area contributed by atoms with E-state index >= 15 is 0 Å². The first-order chi connectivity index (χ1) is 29.5. The van der Waals surface area contributed by atoms with E-state index in [1.54, 1.807) is 6.07 Å². The van der Waals surface area contributed by atoms with Gasteiger partial charge in [-0.25, -0.2) is 4.98 Å². The maximum absolute atomic E-state index is 12.6. The van der Waals surface area contributed by atoms with Crippen LogP contribution in [0.1, 0.15) is 11.1 Å². The van der Waals surface area contributed by atoms with Crippen LogP contribution in [0.3, 0.4) is 0 Å². The Labute approximate surface area is 364 Å². The maximum atomic E-state index is 12.6. The Hall–Kier alpha value is -6.12. The van der Waals surface area contributed by atoms with Gasteiger partial charge in [-0.1, -0.05) is 6.07 Å². The van der Waals surface area contributed by atoms with Crippen molar-refractivity contribution in [3.8, 4) is 22.1 Å². The van der Waals surface area contributed by atoms with Crippen LogP contribution in [0, 0.1) is 13.8 Å². The number of nitrogen functional groups attached to an aromatic ring is 1. The van der Waals surface area contributed by atoms with E-state index < -0.39 is 120 Å². The zero-order valence-electron chi connectivity index (χ0n) is 31.8. The number of aromatic hydroxyl groups is 2. The highest BCUT2D eigenvalue weighted by Crippen LogP contribution is 2.48. The summed E-state index contributed by atoms with van der Waals surface area (Å²) in [7, 11) is -25.9. The summed E-state index contributed by atoms with van der Waals surface area (Å²) in [4.78, 5) is -0.436. The molecular formula is C35H26N6O17S6. The van der Waals surface area contributed by atoms with Gasteiger partial charge in [-0.05, 0) is 91.0 Å². The molecule has 0 atom stereocenters. The highest BCUT2D eigenvalue weighted by Gasteiger charge is 2.29. The topological polar surface area (TPSA) is 401 Å². The van der Waals surface area contributed by atoms with Gasteiger partial charge < -0.3 is 15.9 Å². The summed E-state index contributed by atoms with van der Waals surface area (Å²) in [5, 5.41) is 35.6. The van der Waals surface area contributed by atoms with Crippen molar-refractivity contribution in [2.75, 3.05) is 5.73 Å². The number of anilines is 1. The highest BCUT2D eigenvalue weighted by molar-refractivity contribution is 7.87. The van der Waals surface area contributed by atoms with Crippen LogP contribution >= 0.6 is 11.3 Å². The van der Waals surface area contributed by atoms with Crippen LogP contribution in [0.15, 0.2) is 112 Å². The molecule has 7 aromatic rings. The first-order valence-electron chi connectivity index (χ1n) is 17.1. The predicted octanol–water partition coefficient (Wildman–Crippen LogP) is 6.94. The van der Waals surface area contributed by atoms with Crippen LogP contribution in [0.5, 0.6) is 11.5 Å². The average molecular weight is 995 g/mol. The first-order valence-corrected chi connectivity index (χ1v) is 25.1. The van der Waals surface area contributed by atoms with Crippen molar-refractivity contribution in [3.63, 3.8) is 0 Å². The van der Waals surface area contributed by atoms with E-state index in [-0.39, 0.29) is 32.1 Å². The highest BCUT2D eigenvalue weighted by atomic mass is 32.2. The van der Waals surface area contributed by atoms with Gasteiger partial charge in [0.05, 0.1) is 21.3 Å². The summed E-state index contributed by atoms with van der Waals surface area (Å²) in [6.07, 6.45) is 0. The number of fused-ring (bicyclic) bond motifs is 3. The lowest BCUT2D eigenvalue weighted by atomic mass is 10.0. The molecule has 29 heteroatoms. The third kappa shape index (κ3) is 8.48. The Morgan fingerprint density at radius 2 is 1.11 bits per heavy atom. The summed E-state index contributed by atoms with van der Waals surface area (Å²) in [5.41, 5.74) is 3.66. The summed E-state index contributed by atoms with van der Waals surface area (Å²) in [5.74, 6) is -2.33. The molecule has 9 N–H and O–H groups in total. The maximum Gasteiger partial charge on any atom is 0.296 e. The summed E-state index contributed by atoms with van der Waals surface area (Å²) < 4.78 is 174. The molecule has 23 nitrogen and oxygen atoms in total. The molecule has 0 radical (unpaired) electrons. The molecule has 7 rings (SSSR count). The molecule has 0 aliphatic carbocycles. The van der Waals surface area contributed by atoms with Crippen molar-refractivity contribution in [2.24, 2.45) is 20.5 Å². The molecule has 0 amide bonds. The second kappa shape index (κ2) is 15.5. The molecule has 64 heavy (non-hydrogen) atoms. The lowest BCUT2D eigenvalue weighted by molar-refractivity contribution is 0.471. The summed E-state index contributed by atoms with van der Waals surface area (Å²) >= 11 is 0.969. The number of azo groups is 2. The van der Waals surface area contributed by atoms with Gasteiger partial charge in [0.25, 0.3) is 50.6 Å². The van der Waals surface area contributed by atoms with Gasteiger partial charge in [0.1, 0.15) is 46.5 Å².